The Balaban J connectivity index is 1.96. The highest BCUT2D eigenvalue weighted by molar-refractivity contribution is 6.31. The molecule has 0 unspecified atom stereocenters. The molecule has 6 heteroatoms. The minimum absolute atomic E-state index is 0.210. The number of aryl methyl sites for hydroxylation is 2. The predicted molar refractivity (Wildman–Crippen MR) is 78.6 cm³/mol. The van der Waals surface area contributed by atoms with E-state index in [-0.39, 0.29) is 6.10 Å². The lowest BCUT2D eigenvalue weighted by atomic mass is 9.96. The van der Waals surface area contributed by atoms with Gasteiger partial charge in [-0.15, -0.1) is 0 Å². The third-order valence-corrected chi connectivity index (χ3v) is 4.24. The number of hydrogen-bond acceptors (Lipinski definition) is 4. The molecule has 1 heterocycles. The van der Waals surface area contributed by atoms with Crippen LogP contribution in [0, 0.1) is 0 Å². The summed E-state index contributed by atoms with van der Waals surface area (Å²) in [6.07, 6.45) is 4.46. The van der Waals surface area contributed by atoms with Gasteiger partial charge in [-0.2, -0.15) is 5.10 Å². The first-order valence-corrected chi connectivity index (χ1v) is 7.62. The lowest BCUT2D eigenvalue weighted by Gasteiger charge is -2.22. The first-order chi connectivity index (χ1) is 9.69. The summed E-state index contributed by atoms with van der Waals surface area (Å²) in [6, 6.07) is 0. The Morgan fingerprint density at radius 2 is 2.10 bits per heavy atom. The second-order valence-electron chi connectivity index (χ2n) is 5.05. The predicted octanol–water partition coefficient (Wildman–Crippen LogP) is 3.41. The molecule has 1 aromatic heterocycles. The van der Waals surface area contributed by atoms with E-state index in [1.807, 2.05) is 4.68 Å². The van der Waals surface area contributed by atoms with Crippen molar-refractivity contribution in [2.45, 2.75) is 65.2 Å². The van der Waals surface area contributed by atoms with Gasteiger partial charge in [0, 0.05) is 6.54 Å². The highest BCUT2D eigenvalue weighted by atomic mass is 35.5. The van der Waals surface area contributed by atoms with Crippen LogP contribution in [0.4, 0.5) is 0 Å². The van der Waals surface area contributed by atoms with Gasteiger partial charge in [0.15, 0.2) is 0 Å². The Bertz CT molecular complexity index is 475. The summed E-state index contributed by atoms with van der Waals surface area (Å²) in [5.74, 6) is 0. The first-order valence-electron chi connectivity index (χ1n) is 7.25. The molecule has 0 amide bonds. The van der Waals surface area contributed by atoms with Crippen LogP contribution in [0.15, 0.2) is 5.16 Å². The summed E-state index contributed by atoms with van der Waals surface area (Å²) in [5.41, 5.74) is 2.77. The molecule has 0 bridgehead atoms. The fourth-order valence-electron chi connectivity index (χ4n) is 2.54. The summed E-state index contributed by atoms with van der Waals surface area (Å²) in [5, 5.41) is 17.2. The van der Waals surface area contributed by atoms with E-state index in [1.54, 1.807) is 0 Å². The number of nitrogens with zero attached hydrogens (tertiary/aromatic N) is 3. The molecular weight excluding hydrogens is 278 g/mol. The summed E-state index contributed by atoms with van der Waals surface area (Å²) in [7, 11) is 0. The molecule has 5 nitrogen and oxygen atoms in total. The Morgan fingerprint density at radius 3 is 2.65 bits per heavy atom. The summed E-state index contributed by atoms with van der Waals surface area (Å²) in [4.78, 5) is 0. The molecule has 112 valence electrons. The van der Waals surface area contributed by atoms with Crippen molar-refractivity contribution in [1.29, 1.82) is 0 Å². The summed E-state index contributed by atoms with van der Waals surface area (Å²) < 4.78 is 7.88. The molecule has 2 rings (SSSR count). The van der Waals surface area contributed by atoms with Crippen LogP contribution in [-0.2, 0) is 24.3 Å². The minimum atomic E-state index is 0.210. The third-order valence-electron chi connectivity index (χ3n) is 3.80. The Labute approximate surface area is 124 Å². The molecule has 0 aliphatic heterocycles. The smallest absolute Gasteiger partial charge is 0.0903 e. The topological polar surface area (TPSA) is 59.6 Å². The van der Waals surface area contributed by atoms with Crippen LogP contribution in [0.1, 0.15) is 50.9 Å². The van der Waals surface area contributed by atoms with Crippen molar-refractivity contribution in [3.63, 3.8) is 0 Å². The maximum absolute atomic E-state index is 8.74. The van der Waals surface area contributed by atoms with E-state index in [9.17, 15) is 0 Å². The average molecular weight is 300 g/mol. The van der Waals surface area contributed by atoms with Crippen molar-refractivity contribution < 1.29 is 9.94 Å². The highest BCUT2D eigenvalue weighted by Gasteiger charge is 2.20. The molecule has 0 spiro atoms. The minimum Gasteiger partial charge on any atom is -0.411 e. The van der Waals surface area contributed by atoms with E-state index in [1.165, 1.54) is 0 Å². The van der Waals surface area contributed by atoms with Crippen molar-refractivity contribution in [1.82, 2.24) is 9.78 Å². The molecule has 1 aliphatic rings. The number of rotatable bonds is 5. The Kier molecular flexibility index (Phi) is 5.43. The van der Waals surface area contributed by atoms with Gasteiger partial charge in [0.05, 0.1) is 34.8 Å². The molecule has 1 saturated carbocycles. The van der Waals surface area contributed by atoms with Gasteiger partial charge in [-0.3, -0.25) is 4.68 Å². The van der Waals surface area contributed by atoms with E-state index in [2.05, 4.69) is 24.1 Å². The zero-order valence-corrected chi connectivity index (χ0v) is 12.9. The maximum atomic E-state index is 8.74. The first kappa shape index (κ1) is 15.3. The number of oxime groups is 1. The molecule has 0 aromatic carbocycles. The molecule has 0 radical (unpaired) electrons. The second kappa shape index (κ2) is 7.09. The van der Waals surface area contributed by atoms with Crippen LogP contribution in [-0.4, -0.2) is 26.8 Å². The van der Waals surface area contributed by atoms with Crippen LogP contribution >= 0.6 is 11.6 Å². The van der Waals surface area contributed by atoms with Gasteiger partial charge in [0.1, 0.15) is 0 Å². The van der Waals surface area contributed by atoms with Crippen molar-refractivity contribution in [3.8, 4) is 0 Å². The number of halogens is 1. The monoisotopic (exact) mass is 299 g/mol. The standard InChI is InChI=1S/C14H22ClN3O2/c1-3-12-14(15)13(18(4-2)16-12)9-20-11-7-5-10(17-19)6-8-11/h11,19H,3-9H2,1-2H3. The summed E-state index contributed by atoms with van der Waals surface area (Å²) >= 11 is 6.36. The Morgan fingerprint density at radius 1 is 1.40 bits per heavy atom. The zero-order valence-electron chi connectivity index (χ0n) is 12.1. The Hall–Kier alpha value is -1.07. The molecule has 20 heavy (non-hydrogen) atoms. The molecule has 1 fully saturated rings. The van der Waals surface area contributed by atoms with Crippen LogP contribution in [0.5, 0.6) is 0 Å². The van der Waals surface area contributed by atoms with Crippen molar-refractivity contribution in [2.75, 3.05) is 0 Å². The lowest BCUT2D eigenvalue weighted by molar-refractivity contribution is 0.0242. The fraction of sp³-hybridized carbons (Fsp3) is 0.714. The van der Waals surface area contributed by atoms with E-state index >= 15 is 0 Å². The molecule has 0 saturated heterocycles. The van der Waals surface area contributed by atoms with Crippen molar-refractivity contribution in [2.24, 2.45) is 5.16 Å². The normalized spacial score (nSPS) is 19.4. The second-order valence-corrected chi connectivity index (χ2v) is 5.43. The van der Waals surface area contributed by atoms with Gasteiger partial charge in [-0.1, -0.05) is 23.7 Å². The van der Waals surface area contributed by atoms with Gasteiger partial charge in [-0.05, 0) is 39.0 Å². The number of aromatic nitrogens is 2. The lowest BCUT2D eigenvalue weighted by Crippen LogP contribution is -2.22. The largest absolute Gasteiger partial charge is 0.411 e. The fourth-order valence-corrected chi connectivity index (χ4v) is 2.87. The highest BCUT2D eigenvalue weighted by Crippen LogP contribution is 2.25. The molecule has 1 aliphatic carbocycles. The number of ether oxygens (including phenoxy) is 1. The SMILES string of the molecule is CCc1nn(CC)c(COC2CCC(=NO)CC2)c1Cl. The van der Waals surface area contributed by atoms with E-state index in [0.29, 0.717) is 6.61 Å². The van der Waals surface area contributed by atoms with Crippen LogP contribution < -0.4 is 0 Å². The van der Waals surface area contributed by atoms with Crippen LogP contribution in [0.3, 0.4) is 0 Å². The third kappa shape index (κ3) is 3.33. The number of hydrogen-bond donors (Lipinski definition) is 1. The van der Waals surface area contributed by atoms with Gasteiger partial charge in [0.2, 0.25) is 0 Å². The molecule has 0 atom stereocenters. The average Bonchev–Trinajstić information content (AvgIpc) is 2.81. The van der Waals surface area contributed by atoms with Crippen LogP contribution in [0.25, 0.3) is 0 Å². The van der Waals surface area contributed by atoms with E-state index < -0.39 is 0 Å². The van der Waals surface area contributed by atoms with Crippen molar-refractivity contribution >= 4 is 17.3 Å². The maximum Gasteiger partial charge on any atom is 0.0903 e. The van der Waals surface area contributed by atoms with Crippen LogP contribution in [0.2, 0.25) is 5.02 Å². The zero-order chi connectivity index (χ0) is 14.5. The van der Waals surface area contributed by atoms with Gasteiger partial charge in [0.25, 0.3) is 0 Å². The van der Waals surface area contributed by atoms with Gasteiger partial charge >= 0.3 is 0 Å². The summed E-state index contributed by atoms with van der Waals surface area (Å²) in [6.45, 7) is 5.40. The van der Waals surface area contributed by atoms with E-state index in [0.717, 1.165) is 60.8 Å². The quantitative estimate of drug-likeness (QED) is 0.669. The van der Waals surface area contributed by atoms with Crippen molar-refractivity contribution in [3.05, 3.63) is 16.4 Å². The van der Waals surface area contributed by atoms with Gasteiger partial charge < -0.3 is 9.94 Å². The van der Waals surface area contributed by atoms with E-state index in [4.69, 9.17) is 21.5 Å². The molecular formula is C14H22ClN3O2. The molecule has 1 aromatic rings. The van der Waals surface area contributed by atoms with Gasteiger partial charge in [-0.25, -0.2) is 0 Å². The molecule has 1 N–H and O–H groups in total.